The molecule has 0 radical (unpaired) electrons. The second-order valence-corrected chi connectivity index (χ2v) is 8.24. The molecule has 0 spiro atoms. The highest BCUT2D eigenvalue weighted by atomic mass is 32.2. The van der Waals surface area contributed by atoms with Crippen LogP contribution in [-0.4, -0.2) is 37.0 Å². The molecule has 3 aromatic rings. The van der Waals surface area contributed by atoms with E-state index in [1.807, 2.05) is 18.4 Å². The molecule has 32 heavy (non-hydrogen) atoms. The highest BCUT2D eigenvalue weighted by Gasteiger charge is 2.23. The fourth-order valence-corrected chi connectivity index (χ4v) is 3.86. The lowest BCUT2D eigenvalue weighted by Gasteiger charge is -2.16. The van der Waals surface area contributed by atoms with Gasteiger partial charge in [-0.05, 0) is 63.2 Å². The number of nitrogens with one attached hydrogen (secondary N) is 1. The number of ether oxygens (including phenoxy) is 1. The number of aromatic carboxylic acids is 1. The van der Waals surface area contributed by atoms with Gasteiger partial charge in [0.2, 0.25) is 5.91 Å². The van der Waals surface area contributed by atoms with E-state index in [-0.39, 0.29) is 17.3 Å². The van der Waals surface area contributed by atoms with Gasteiger partial charge in [0.05, 0.1) is 10.8 Å². The number of benzene rings is 2. The Morgan fingerprint density at radius 1 is 1.19 bits per heavy atom. The number of aromatic nitrogens is 3. The lowest BCUT2D eigenvalue weighted by molar-refractivity contribution is -0.115. The highest BCUT2D eigenvalue weighted by Crippen LogP contribution is 2.27. The number of rotatable bonds is 9. The summed E-state index contributed by atoms with van der Waals surface area (Å²) in [6.07, 6.45) is -0.440. The van der Waals surface area contributed by atoms with Crippen molar-refractivity contribution >= 4 is 29.3 Å². The lowest BCUT2D eigenvalue weighted by atomic mass is 10.2. The SMILES string of the molecule is CCn1c(SC(C)C(=O)Nc2cccc(C(=O)O)c2)nnc1C(C)Oc1ccc(F)cc1. The number of carbonyl (C=O) groups excluding carboxylic acids is 1. The monoisotopic (exact) mass is 458 g/mol. The van der Waals surface area contributed by atoms with Crippen molar-refractivity contribution in [2.75, 3.05) is 5.32 Å². The maximum Gasteiger partial charge on any atom is 0.335 e. The maximum atomic E-state index is 13.1. The summed E-state index contributed by atoms with van der Waals surface area (Å²) in [7, 11) is 0. The number of thioether (sulfide) groups is 1. The van der Waals surface area contributed by atoms with Crippen molar-refractivity contribution in [1.82, 2.24) is 14.8 Å². The first-order valence-electron chi connectivity index (χ1n) is 9.94. The smallest absolute Gasteiger partial charge is 0.335 e. The fraction of sp³-hybridized carbons (Fsp3) is 0.273. The summed E-state index contributed by atoms with van der Waals surface area (Å²) < 4.78 is 20.8. The van der Waals surface area contributed by atoms with Gasteiger partial charge in [-0.3, -0.25) is 4.79 Å². The lowest BCUT2D eigenvalue weighted by Crippen LogP contribution is -2.23. The molecule has 1 amide bonds. The Hall–Kier alpha value is -3.40. The first kappa shape index (κ1) is 23.3. The van der Waals surface area contributed by atoms with Crippen LogP contribution in [0.15, 0.2) is 53.7 Å². The van der Waals surface area contributed by atoms with Gasteiger partial charge in [-0.15, -0.1) is 10.2 Å². The molecule has 0 aliphatic heterocycles. The molecule has 2 atom stereocenters. The minimum Gasteiger partial charge on any atom is -0.483 e. The summed E-state index contributed by atoms with van der Waals surface area (Å²) in [5.41, 5.74) is 0.495. The van der Waals surface area contributed by atoms with Crippen molar-refractivity contribution in [3.8, 4) is 5.75 Å². The maximum absolute atomic E-state index is 13.1. The molecule has 10 heteroatoms. The van der Waals surface area contributed by atoms with Gasteiger partial charge >= 0.3 is 5.97 Å². The molecule has 1 aromatic heterocycles. The van der Waals surface area contributed by atoms with Gasteiger partial charge in [0.25, 0.3) is 0 Å². The van der Waals surface area contributed by atoms with Crippen molar-refractivity contribution in [1.29, 1.82) is 0 Å². The Balaban J connectivity index is 1.68. The van der Waals surface area contributed by atoms with Crippen LogP contribution in [0.5, 0.6) is 5.75 Å². The molecule has 2 N–H and O–H groups in total. The van der Waals surface area contributed by atoms with E-state index in [4.69, 9.17) is 9.84 Å². The normalized spacial score (nSPS) is 12.8. The molecule has 0 aliphatic carbocycles. The second kappa shape index (κ2) is 10.3. The van der Waals surface area contributed by atoms with Crippen molar-refractivity contribution in [2.45, 2.75) is 43.8 Å². The van der Waals surface area contributed by atoms with Gasteiger partial charge in [0.15, 0.2) is 17.1 Å². The number of halogens is 1. The van der Waals surface area contributed by atoms with Gasteiger partial charge < -0.3 is 19.7 Å². The Bertz CT molecular complexity index is 1100. The molecule has 0 fully saturated rings. The van der Waals surface area contributed by atoms with E-state index in [9.17, 15) is 14.0 Å². The van der Waals surface area contributed by atoms with Crippen LogP contribution >= 0.6 is 11.8 Å². The van der Waals surface area contributed by atoms with Crippen LogP contribution in [0.1, 0.15) is 43.1 Å². The van der Waals surface area contributed by atoms with Gasteiger partial charge in [-0.1, -0.05) is 17.8 Å². The Labute approximate surface area is 188 Å². The van der Waals surface area contributed by atoms with Gasteiger partial charge in [0.1, 0.15) is 11.6 Å². The molecule has 0 bridgehead atoms. The number of nitrogens with zero attached hydrogens (tertiary/aromatic N) is 3. The summed E-state index contributed by atoms with van der Waals surface area (Å²) in [5, 5.41) is 20.3. The van der Waals surface area contributed by atoms with E-state index in [1.54, 1.807) is 31.2 Å². The first-order valence-corrected chi connectivity index (χ1v) is 10.8. The summed E-state index contributed by atoms with van der Waals surface area (Å²) >= 11 is 1.23. The average molecular weight is 459 g/mol. The number of hydrogen-bond acceptors (Lipinski definition) is 6. The van der Waals surface area contributed by atoms with Crippen LogP contribution in [-0.2, 0) is 11.3 Å². The first-order chi connectivity index (χ1) is 15.3. The molecule has 0 saturated carbocycles. The minimum absolute atomic E-state index is 0.0913. The molecule has 3 rings (SSSR count). The minimum atomic E-state index is -1.07. The molecule has 0 saturated heterocycles. The van der Waals surface area contributed by atoms with Gasteiger partial charge in [-0.25, -0.2) is 9.18 Å². The predicted octanol–water partition coefficient (Wildman–Crippen LogP) is 4.39. The third kappa shape index (κ3) is 5.64. The van der Waals surface area contributed by atoms with E-state index in [0.717, 1.165) is 0 Å². The van der Waals surface area contributed by atoms with Gasteiger partial charge in [-0.2, -0.15) is 0 Å². The molecule has 168 valence electrons. The van der Waals surface area contributed by atoms with Crippen molar-refractivity contribution in [3.05, 3.63) is 65.7 Å². The molecule has 2 aromatic carbocycles. The van der Waals surface area contributed by atoms with Gasteiger partial charge in [0, 0.05) is 12.2 Å². The number of amides is 1. The van der Waals surface area contributed by atoms with Crippen LogP contribution in [0, 0.1) is 5.82 Å². The summed E-state index contributed by atoms with van der Waals surface area (Å²) in [6.45, 7) is 6.05. The van der Waals surface area contributed by atoms with E-state index in [0.29, 0.717) is 29.0 Å². The summed E-state index contributed by atoms with van der Waals surface area (Å²) in [4.78, 5) is 23.7. The third-order valence-electron chi connectivity index (χ3n) is 4.58. The van der Waals surface area contributed by atoms with Crippen LogP contribution < -0.4 is 10.1 Å². The third-order valence-corrected chi connectivity index (χ3v) is 5.66. The predicted molar refractivity (Wildman–Crippen MR) is 118 cm³/mol. The van der Waals surface area contributed by atoms with Crippen molar-refractivity contribution in [2.24, 2.45) is 0 Å². The van der Waals surface area contributed by atoms with E-state index < -0.39 is 17.3 Å². The highest BCUT2D eigenvalue weighted by molar-refractivity contribution is 8.00. The van der Waals surface area contributed by atoms with Crippen LogP contribution in [0.3, 0.4) is 0 Å². The van der Waals surface area contributed by atoms with Crippen molar-refractivity contribution in [3.63, 3.8) is 0 Å². The Kier molecular flexibility index (Phi) is 7.47. The van der Waals surface area contributed by atoms with Crippen LogP contribution in [0.2, 0.25) is 0 Å². The van der Waals surface area contributed by atoms with E-state index in [1.165, 1.54) is 36.0 Å². The Morgan fingerprint density at radius 2 is 1.91 bits per heavy atom. The fourth-order valence-electron chi connectivity index (χ4n) is 2.94. The summed E-state index contributed by atoms with van der Waals surface area (Å²) in [5.74, 6) is -0.608. The second-order valence-electron chi connectivity index (χ2n) is 6.93. The summed E-state index contributed by atoms with van der Waals surface area (Å²) in [6, 6.07) is 11.8. The number of carboxylic acids is 1. The van der Waals surface area contributed by atoms with Crippen LogP contribution in [0.4, 0.5) is 10.1 Å². The van der Waals surface area contributed by atoms with E-state index >= 15 is 0 Å². The molecule has 1 heterocycles. The quantitative estimate of drug-likeness (QED) is 0.458. The number of carbonyl (C=O) groups is 2. The van der Waals surface area contributed by atoms with E-state index in [2.05, 4.69) is 15.5 Å². The zero-order chi connectivity index (χ0) is 23.3. The number of carboxylic acid groups (broad SMARTS) is 1. The molecular weight excluding hydrogens is 435 g/mol. The molecule has 2 unspecified atom stereocenters. The zero-order valence-corrected chi connectivity index (χ0v) is 18.6. The largest absolute Gasteiger partial charge is 0.483 e. The van der Waals surface area contributed by atoms with Crippen LogP contribution in [0.25, 0.3) is 0 Å². The standard InChI is InChI=1S/C22H23FN4O4S/c1-4-27-19(13(2)31-18-10-8-16(23)9-11-18)25-26-22(27)32-14(3)20(28)24-17-7-5-6-15(12-17)21(29)30/h5-14H,4H2,1-3H3,(H,24,28)(H,29,30). The number of hydrogen-bond donors (Lipinski definition) is 2. The number of anilines is 1. The Morgan fingerprint density at radius 3 is 2.56 bits per heavy atom. The molecule has 8 nitrogen and oxygen atoms in total. The zero-order valence-electron chi connectivity index (χ0n) is 17.8. The molecule has 0 aliphatic rings. The topological polar surface area (TPSA) is 106 Å². The molecular formula is C22H23FN4O4S. The average Bonchev–Trinajstić information content (AvgIpc) is 3.18. The van der Waals surface area contributed by atoms with Crippen molar-refractivity contribution < 1.29 is 23.8 Å².